The highest BCUT2D eigenvalue weighted by Gasteiger charge is 2.24. The van der Waals surface area contributed by atoms with E-state index in [1.165, 1.54) is 12.8 Å². The van der Waals surface area contributed by atoms with Crippen molar-refractivity contribution in [2.75, 3.05) is 18.0 Å². The summed E-state index contributed by atoms with van der Waals surface area (Å²) in [6.07, 6.45) is 3.86. The molecule has 0 amide bonds. The molecule has 0 spiro atoms. The first-order valence-electron chi connectivity index (χ1n) is 6.15. The third-order valence-electron chi connectivity index (χ3n) is 2.95. The molecule has 1 heterocycles. The van der Waals surface area contributed by atoms with Gasteiger partial charge in [0.2, 0.25) is 0 Å². The van der Waals surface area contributed by atoms with E-state index < -0.39 is 0 Å². The van der Waals surface area contributed by atoms with Gasteiger partial charge in [0.05, 0.1) is 12.3 Å². The number of pyridine rings is 1. The van der Waals surface area contributed by atoms with E-state index in [0.717, 1.165) is 36.9 Å². The van der Waals surface area contributed by atoms with Crippen molar-refractivity contribution < 1.29 is 5.11 Å². The average Bonchev–Trinajstić information content (AvgIpc) is 3.12. The van der Waals surface area contributed by atoms with Crippen molar-refractivity contribution in [3.63, 3.8) is 0 Å². The van der Waals surface area contributed by atoms with E-state index in [1.807, 2.05) is 18.2 Å². The van der Waals surface area contributed by atoms with Crippen LogP contribution in [0.25, 0.3) is 0 Å². The predicted molar refractivity (Wildman–Crippen MR) is 65.4 cm³/mol. The van der Waals surface area contributed by atoms with Crippen LogP contribution in [0.2, 0.25) is 0 Å². The van der Waals surface area contributed by atoms with E-state index >= 15 is 0 Å². The molecule has 1 N–H and O–H groups in total. The maximum absolute atomic E-state index is 9.09. The fourth-order valence-electron chi connectivity index (χ4n) is 1.91. The van der Waals surface area contributed by atoms with Crippen LogP contribution in [0.4, 0.5) is 5.82 Å². The summed E-state index contributed by atoms with van der Waals surface area (Å²) in [4.78, 5) is 6.81. The number of hydrogen-bond acceptors (Lipinski definition) is 3. The fraction of sp³-hybridized carbons (Fsp3) is 0.615. The van der Waals surface area contributed by atoms with Crippen LogP contribution in [0.3, 0.4) is 0 Å². The van der Waals surface area contributed by atoms with Gasteiger partial charge < -0.3 is 10.0 Å². The quantitative estimate of drug-likeness (QED) is 0.798. The molecule has 88 valence electrons. The van der Waals surface area contributed by atoms with E-state index in [-0.39, 0.29) is 6.61 Å². The second-order valence-electron chi connectivity index (χ2n) is 4.53. The lowest BCUT2D eigenvalue weighted by Gasteiger charge is -2.23. The second kappa shape index (κ2) is 5.30. The van der Waals surface area contributed by atoms with Gasteiger partial charge in [0.25, 0.3) is 0 Å². The molecule has 0 radical (unpaired) electrons. The summed E-state index contributed by atoms with van der Waals surface area (Å²) >= 11 is 0. The summed E-state index contributed by atoms with van der Waals surface area (Å²) in [5.41, 5.74) is 0.759. The topological polar surface area (TPSA) is 36.4 Å². The molecular formula is C13H20N2O. The number of nitrogens with zero attached hydrogens (tertiary/aromatic N) is 2. The monoisotopic (exact) mass is 220 g/mol. The summed E-state index contributed by atoms with van der Waals surface area (Å²) in [6, 6.07) is 5.88. The van der Waals surface area contributed by atoms with Gasteiger partial charge in [-0.3, -0.25) is 0 Å². The number of anilines is 1. The molecule has 1 aliphatic carbocycles. The van der Waals surface area contributed by atoms with Crippen molar-refractivity contribution in [1.82, 2.24) is 4.98 Å². The van der Waals surface area contributed by atoms with Crippen LogP contribution in [0, 0.1) is 5.92 Å². The summed E-state index contributed by atoms with van der Waals surface area (Å²) < 4.78 is 0. The first-order chi connectivity index (χ1) is 7.83. The Labute approximate surface area is 97.1 Å². The maximum atomic E-state index is 9.09. The minimum absolute atomic E-state index is 0.0250. The molecule has 1 aromatic heterocycles. The highest BCUT2D eigenvalue weighted by Crippen LogP contribution is 2.31. The first-order valence-corrected chi connectivity index (χ1v) is 6.15. The molecule has 3 nitrogen and oxygen atoms in total. The lowest BCUT2D eigenvalue weighted by molar-refractivity contribution is 0.277. The lowest BCUT2D eigenvalue weighted by Crippen LogP contribution is -2.27. The summed E-state index contributed by atoms with van der Waals surface area (Å²) in [6.45, 7) is 4.39. The molecule has 0 unspecified atom stereocenters. The molecule has 1 aliphatic rings. The minimum atomic E-state index is 0.0250. The van der Waals surface area contributed by atoms with Gasteiger partial charge in [-0.15, -0.1) is 0 Å². The van der Waals surface area contributed by atoms with Gasteiger partial charge in [0.15, 0.2) is 0 Å². The first kappa shape index (κ1) is 11.4. The maximum Gasteiger partial charge on any atom is 0.128 e. The molecule has 0 aliphatic heterocycles. The number of aliphatic hydroxyl groups is 1. The molecular weight excluding hydrogens is 200 g/mol. The van der Waals surface area contributed by atoms with E-state index in [1.54, 1.807) is 0 Å². The standard InChI is InChI=1S/C13H20N2O/c1-2-8-15(9-11-6-7-11)13-5-3-4-12(10-16)14-13/h3-5,11,16H,2,6-10H2,1H3. The lowest BCUT2D eigenvalue weighted by atomic mass is 10.3. The summed E-state index contributed by atoms with van der Waals surface area (Å²) in [5.74, 6) is 1.88. The Kier molecular flexibility index (Phi) is 3.78. The number of hydrogen-bond donors (Lipinski definition) is 1. The van der Waals surface area contributed by atoms with Gasteiger partial charge in [-0.25, -0.2) is 4.98 Å². The highest BCUT2D eigenvalue weighted by molar-refractivity contribution is 5.39. The summed E-state index contributed by atoms with van der Waals surface area (Å²) in [7, 11) is 0. The number of aromatic nitrogens is 1. The molecule has 0 atom stereocenters. The normalized spacial score (nSPS) is 15.1. The van der Waals surface area contributed by atoms with Crippen LogP contribution in [0.5, 0.6) is 0 Å². The van der Waals surface area contributed by atoms with Crippen LogP contribution in [0.15, 0.2) is 18.2 Å². The molecule has 2 rings (SSSR count). The van der Waals surface area contributed by atoms with E-state index in [4.69, 9.17) is 5.11 Å². The Hall–Kier alpha value is -1.09. The average molecular weight is 220 g/mol. The van der Waals surface area contributed by atoms with Crippen LogP contribution < -0.4 is 4.90 Å². The van der Waals surface area contributed by atoms with Crippen molar-refractivity contribution in [1.29, 1.82) is 0 Å². The SMILES string of the molecule is CCCN(CC1CC1)c1cccc(CO)n1. The molecule has 0 saturated heterocycles. The fourth-order valence-corrected chi connectivity index (χ4v) is 1.91. The van der Waals surface area contributed by atoms with Crippen LogP contribution in [-0.4, -0.2) is 23.2 Å². The predicted octanol–water partition coefficient (Wildman–Crippen LogP) is 2.20. The van der Waals surface area contributed by atoms with Crippen LogP contribution in [-0.2, 0) is 6.61 Å². The van der Waals surface area contributed by atoms with Crippen molar-refractivity contribution in [2.24, 2.45) is 5.92 Å². The Morgan fingerprint density at radius 2 is 2.25 bits per heavy atom. The molecule has 3 heteroatoms. The Morgan fingerprint density at radius 1 is 1.44 bits per heavy atom. The molecule has 0 aromatic carbocycles. The number of aliphatic hydroxyl groups excluding tert-OH is 1. The van der Waals surface area contributed by atoms with Gasteiger partial charge in [0, 0.05) is 13.1 Å². The number of rotatable bonds is 6. The van der Waals surface area contributed by atoms with Gasteiger partial charge in [-0.05, 0) is 37.3 Å². The van der Waals surface area contributed by atoms with Gasteiger partial charge in [-0.1, -0.05) is 13.0 Å². The zero-order valence-electron chi connectivity index (χ0n) is 9.89. The van der Waals surface area contributed by atoms with Gasteiger partial charge >= 0.3 is 0 Å². The third kappa shape index (κ3) is 2.95. The van der Waals surface area contributed by atoms with Gasteiger partial charge in [-0.2, -0.15) is 0 Å². The van der Waals surface area contributed by atoms with Crippen LogP contribution in [0.1, 0.15) is 31.9 Å². The third-order valence-corrected chi connectivity index (χ3v) is 2.95. The minimum Gasteiger partial charge on any atom is -0.390 e. The second-order valence-corrected chi connectivity index (χ2v) is 4.53. The highest BCUT2D eigenvalue weighted by atomic mass is 16.3. The zero-order chi connectivity index (χ0) is 11.4. The molecule has 16 heavy (non-hydrogen) atoms. The van der Waals surface area contributed by atoms with Crippen molar-refractivity contribution in [3.8, 4) is 0 Å². The Bertz CT molecular complexity index is 336. The van der Waals surface area contributed by atoms with Crippen LogP contribution >= 0.6 is 0 Å². The largest absolute Gasteiger partial charge is 0.390 e. The molecule has 1 fully saturated rings. The van der Waals surface area contributed by atoms with E-state index in [2.05, 4.69) is 16.8 Å². The Balaban J connectivity index is 2.08. The molecule has 0 bridgehead atoms. The molecule has 1 aromatic rings. The van der Waals surface area contributed by atoms with E-state index in [0.29, 0.717) is 0 Å². The van der Waals surface area contributed by atoms with E-state index in [9.17, 15) is 0 Å². The van der Waals surface area contributed by atoms with Crippen molar-refractivity contribution >= 4 is 5.82 Å². The van der Waals surface area contributed by atoms with Crippen molar-refractivity contribution in [2.45, 2.75) is 32.8 Å². The van der Waals surface area contributed by atoms with Crippen molar-refractivity contribution in [3.05, 3.63) is 23.9 Å². The summed E-state index contributed by atoms with van der Waals surface area (Å²) in [5, 5.41) is 9.09. The smallest absolute Gasteiger partial charge is 0.128 e. The zero-order valence-corrected chi connectivity index (χ0v) is 9.89. The van der Waals surface area contributed by atoms with Gasteiger partial charge in [0.1, 0.15) is 5.82 Å². The Morgan fingerprint density at radius 3 is 2.88 bits per heavy atom. The molecule has 1 saturated carbocycles.